The van der Waals surface area contributed by atoms with Crippen molar-refractivity contribution >= 4 is 29.1 Å². The van der Waals surface area contributed by atoms with Gasteiger partial charge in [-0.15, -0.1) is 0 Å². The fraction of sp³-hybridized carbons (Fsp3) is 0.516. The Morgan fingerprint density at radius 1 is 0.795 bits per heavy atom. The second-order valence-corrected chi connectivity index (χ2v) is 12.0. The van der Waals surface area contributed by atoms with Gasteiger partial charge in [0.1, 0.15) is 0 Å². The number of carbonyl (C=O) groups excluding carboxylic acids is 3. The minimum absolute atomic E-state index is 0.00455. The van der Waals surface area contributed by atoms with Crippen LogP contribution in [0.25, 0.3) is 0 Å². The molecule has 3 amide bonds. The first-order valence-corrected chi connectivity index (χ1v) is 14.3. The van der Waals surface area contributed by atoms with E-state index in [0.717, 1.165) is 44.6 Å². The largest absolute Gasteiger partial charge is 0.368 e. The predicted molar refractivity (Wildman–Crippen MR) is 154 cm³/mol. The average Bonchev–Trinajstić information content (AvgIpc) is 3.80. The van der Waals surface area contributed by atoms with E-state index in [0.29, 0.717) is 49.5 Å². The van der Waals surface area contributed by atoms with Crippen LogP contribution in [-0.4, -0.2) is 79.9 Å². The first-order chi connectivity index (χ1) is 18.7. The standard InChI is InChI=1S/C31H41N5O3/c1-31(2,3)25-10-7-23(8-11-25)29(38)35-16-4-15-34(19-20-35)27-12-9-24(30(39)36-17-13-32-14-18-36)21-26(27)33-28(37)22-5-6-22/h7-12,21-22,32H,4-6,13-20H2,1-3H3,(H,33,37). The van der Waals surface area contributed by atoms with Crippen LogP contribution in [0.2, 0.25) is 0 Å². The lowest BCUT2D eigenvalue weighted by Crippen LogP contribution is -2.46. The number of piperazine rings is 1. The van der Waals surface area contributed by atoms with Gasteiger partial charge in [0, 0.05) is 69.4 Å². The summed E-state index contributed by atoms with van der Waals surface area (Å²) < 4.78 is 0. The van der Waals surface area contributed by atoms with E-state index in [2.05, 4.69) is 48.4 Å². The Hall–Kier alpha value is -3.39. The molecule has 0 atom stereocenters. The average molecular weight is 532 g/mol. The summed E-state index contributed by atoms with van der Waals surface area (Å²) in [7, 11) is 0. The van der Waals surface area contributed by atoms with Crippen LogP contribution >= 0.6 is 0 Å². The van der Waals surface area contributed by atoms with Crippen molar-refractivity contribution in [3.63, 3.8) is 0 Å². The Kier molecular flexibility index (Phi) is 7.93. The van der Waals surface area contributed by atoms with Crippen molar-refractivity contribution in [3.05, 3.63) is 59.2 Å². The minimum Gasteiger partial charge on any atom is -0.368 e. The Morgan fingerprint density at radius 2 is 1.44 bits per heavy atom. The lowest BCUT2D eigenvalue weighted by molar-refractivity contribution is -0.117. The highest BCUT2D eigenvalue weighted by molar-refractivity contribution is 6.01. The van der Waals surface area contributed by atoms with Gasteiger partial charge < -0.3 is 25.3 Å². The minimum atomic E-state index is -0.00455. The van der Waals surface area contributed by atoms with Crippen LogP contribution in [0.15, 0.2) is 42.5 Å². The first-order valence-electron chi connectivity index (χ1n) is 14.3. The van der Waals surface area contributed by atoms with Crippen LogP contribution < -0.4 is 15.5 Å². The van der Waals surface area contributed by atoms with E-state index < -0.39 is 0 Å². The fourth-order valence-electron chi connectivity index (χ4n) is 5.33. The number of hydrogen-bond donors (Lipinski definition) is 2. The van der Waals surface area contributed by atoms with Crippen LogP contribution in [0.1, 0.15) is 66.3 Å². The monoisotopic (exact) mass is 531 g/mol. The Labute approximate surface area is 231 Å². The molecule has 3 aliphatic rings. The van der Waals surface area contributed by atoms with E-state index in [9.17, 15) is 14.4 Å². The Balaban J connectivity index is 1.31. The molecule has 1 aliphatic carbocycles. The van der Waals surface area contributed by atoms with Gasteiger partial charge in [0.2, 0.25) is 5.91 Å². The molecule has 2 heterocycles. The lowest BCUT2D eigenvalue weighted by atomic mass is 9.86. The summed E-state index contributed by atoms with van der Waals surface area (Å²) in [6.07, 6.45) is 2.65. The number of rotatable bonds is 5. The van der Waals surface area contributed by atoms with Gasteiger partial charge in [0.05, 0.1) is 11.4 Å². The number of benzene rings is 2. The summed E-state index contributed by atoms with van der Waals surface area (Å²) in [5.41, 5.74) is 4.15. The van der Waals surface area contributed by atoms with Gasteiger partial charge >= 0.3 is 0 Å². The van der Waals surface area contributed by atoms with E-state index in [4.69, 9.17) is 0 Å². The van der Waals surface area contributed by atoms with Gasteiger partial charge in [-0.05, 0) is 60.6 Å². The highest BCUT2D eigenvalue weighted by Gasteiger charge is 2.31. The van der Waals surface area contributed by atoms with Gasteiger partial charge in [-0.1, -0.05) is 32.9 Å². The fourth-order valence-corrected chi connectivity index (χ4v) is 5.33. The molecule has 8 heteroatoms. The smallest absolute Gasteiger partial charge is 0.254 e. The molecule has 208 valence electrons. The molecule has 0 radical (unpaired) electrons. The predicted octanol–water partition coefficient (Wildman–Crippen LogP) is 3.73. The summed E-state index contributed by atoms with van der Waals surface area (Å²) in [6, 6.07) is 13.6. The normalized spacial score (nSPS) is 18.5. The second-order valence-electron chi connectivity index (χ2n) is 12.0. The number of nitrogens with one attached hydrogen (secondary N) is 2. The number of hydrogen-bond acceptors (Lipinski definition) is 5. The molecule has 2 aromatic carbocycles. The van der Waals surface area contributed by atoms with Crippen molar-refractivity contribution < 1.29 is 14.4 Å². The van der Waals surface area contributed by atoms with Crippen molar-refractivity contribution in [2.24, 2.45) is 5.92 Å². The third-order valence-electron chi connectivity index (χ3n) is 7.98. The third kappa shape index (κ3) is 6.44. The molecular formula is C31H41N5O3. The SMILES string of the molecule is CC(C)(C)c1ccc(C(=O)N2CCCN(c3ccc(C(=O)N4CCNCC4)cc3NC(=O)C3CC3)CC2)cc1. The van der Waals surface area contributed by atoms with E-state index in [1.165, 1.54) is 5.56 Å². The van der Waals surface area contributed by atoms with Gasteiger partial charge in [-0.2, -0.15) is 0 Å². The van der Waals surface area contributed by atoms with Crippen LogP contribution in [-0.2, 0) is 10.2 Å². The maximum atomic E-state index is 13.3. The Morgan fingerprint density at radius 3 is 2.10 bits per heavy atom. The molecular weight excluding hydrogens is 490 g/mol. The molecule has 5 rings (SSSR count). The third-order valence-corrected chi connectivity index (χ3v) is 7.98. The zero-order valence-corrected chi connectivity index (χ0v) is 23.5. The van der Waals surface area contributed by atoms with Crippen LogP contribution in [0.4, 0.5) is 11.4 Å². The molecule has 39 heavy (non-hydrogen) atoms. The van der Waals surface area contributed by atoms with E-state index in [-0.39, 0.29) is 29.1 Å². The van der Waals surface area contributed by atoms with Crippen molar-refractivity contribution in [3.8, 4) is 0 Å². The van der Waals surface area contributed by atoms with Crippen LogP contribution in [0.5, 0.6) is 0 Å². The molecule has 0 unspecified atom stereocenters. The van der Waals surface area contributed by atoms with Gasteiger partial charge in [0.15, 0.2) is 0 Å². The number of nitrogens with zero attached hydrogens (tertiary/aromatic N) is 3. The molecule has 0 spiro atoms. The molecule has 2 N–H and O–H groups in total. The van der Waals surface area contributed by atoms with E-state index >= 15 is 0 Å². The molecule has 0 bridgehead atoms. The zero-order chi connectivity index (χ0) is 27.6. The summed E-state index contributed by atoms with van der Waals surface area (Å²) in [5, 5.41) is 6.40. The lowest BCUT2D eigenvalue weighted by Gasteiger charge is -2.29. The maximum absolute atomic E-state index is 13.3. The zero-order valence-electron chi connectivity index (χ0n) is 23.5. The quantitative estimate of drug-likeness (QED) is 0.614. The highest BCUT2D eigenvalue weighted by Crippen LogP contribution is 2.34. The second kappa shape index (κ2) is 11.4. The maximum Gasteiger partial charge on any atom is 0.254 e. The first kappa shape index (κ1) is 27.2. The number of amides is 3. The van der Waals surface area contributed by atoms with Gasteiger partial charge in [-0.3, -0.25) is 14.4 Å². The van der Waals surface area contributed by atoms with Crippen molar-refractivity contribution in [2.75, 3.05) is 62.6 Å². The van der Waals surface area contributed by atoms with E-state index in [1.807, 2.05) is 40.1 Å². The molecule has 8 nitrogen and oxygen atoms in total. The molecule has 3 fully saturated rings. The highest BCUT2D eigenvalue weighted by atomic mass is 16.2. The van der Waals surface area contributed by atoms with Crippen LogP contribution in [0, 0.1) is 5.92 Å². The van der Waals surface area contributed by atoms with Crippen molar-refractivity contribution in [1.29, 1.82) is 0 Å². The summed E-state index contributed by atoms with van der Waals surface area (Å²) >= 11 is 0. The van der Waals surface area contributed by atoms with Gasteiger partial charge in [0.25, 0.3) is 11.8 Å². The summed E-state index contributed by atoms with van der Waals surface area (Å²) in [5.74, 6) is 0.132. The summed E-state index contributed by atoms with van der Waals surface area (Å²) in [4.78, 5) is 45.3. The molecule has 2 saturated heterocycles. The Bertz CT molecular complexity index is 1210. The molecule has 0 aromatic heterocycles. The topological polar surface area (TPSA) is 85.0 Å². The van der Waals surface area contributed by atoms with Crippen molar-refractivity contribution in [1.82, 2.24) is 15.1 Å². The number of anilines is 2. The summed E-state index contributed by atoms with van der Waals surface area (Å²) in [6.45, 7) is 12.1. The molecule has 2 aromatic rings. The van der Waals surface area contributed by atoms with Crippen LogP contribution in [0.3, 0.4) is 0 Å². The van der Waals surface area contributed by atoms with Gasteiger partial charge in [-0.25, -0.2) is 0 Å². The van der Waals surface area contributed by atoms with Crippen molar-refractivity contribution in [2.45, 2.75) is 45.4 Å². The molecule has 1 saturated carbocycles. The molecule has 2 aliphatic heterocycles. The number of carbonyl (C=O) groups is 3. The van der Waals surface area contributed by atoms with E-state index in [1.54, 1.807) is 0 Å².